The summed E-state index contributed by atoms with van der Waals surface area (Å²) in [4.78, 5) is 13.8. The molecule has 1 aliphatic carbocycles. The van der Waals surface area contributed by atoms with E-state index in [4.69, 9.17) is 28.3 Å². The van der Waals surface area contributed by atoms with Gasteiger partial charge in [-0.1, -0.05) is 23.2 Å². The van der Waals surface area contributed by atoms with E-state index in [1.54, 1.807) is 30.0 Å². The smallest absolute Gasteiger partial charge is 0.219 e. The lowest BCUT2D eigenvalue weighted by atomic mass is 10.00. The summed E-state index contributed by atoms with van der Waals surface area (Å²) in [6, 6.07) is 9.21. The van der Waals surface area contributed by atoms with E-state index in [0.29, 0.717) is 41.7 Å². The molecule has 1 aromatic heterocycles. The highest BCUT2D eigenvalue weighted by atomic mass is 35.5. The van der Waals surface area contributed by atoms with Crippen LogP contribution in [-0.4, -0.2) is 38.3 Å². The Bertz CT molecular complexity index is 1190. The molecule has 2 heterocycles. The maximum absolute atomic E-state index is 13.5. The van der Waals surface area contributed by atoms with Crippen LogP contribution in [0.25, 0.3) is 11.3 Å². The van der Waals surface area contributed by atoms with E-state index in [9.17, 15) is 14.3 Å². The molecule has 2 aromatic carbocycles. The summed E-state index contributed by atoms with van der Waals surface area (Å²) in [5.41, 5.74) is 5.05. The minimum absolute atomic E-state index is 0.00705. The van der Waals surface area contributed by atoms with Crippen molar-refractivity contribution in [3.63, 3.8) is 0 Å². The van der Waals surface area contributed by atoms with Crippen molar-refractivity contribution in [1.82, 2.24) is 14.7 Å². The van der Waals surface area contributed by atoms with E-state index in [1.165, 1.54) is 12.1 Å². The second kappa shape index (κ2) is 7.62. The Morgan fingerprint density at radius 3 is 2.68 bits per heavy atom. The standard InChI is InChI=1S/C23H20Cl2FN3O2/c1-12(30)28-7-6-19-17(11-28)22(13-2-4-16(26)5-3-13)27-29(19)23-20(31)9-14-8-15(24)10-18(25)21(14)23/h2-5,8,10,20,23,31H,6-7,9,11H2,1H3. The van der Waals surface area contributed by atoms with Gasteiger partial charge in [-0.05, 0) is 42.0 Å². The summed E-state index contributed by atoms with van der Waals surface area (Å²) in [5, 5.41) is 16.9. The van der Waals surface area contributed by atoms with Crippen molar-refractivity contribution in [2.24, 2.45) is 0 Å². The van der Waals surface area contributed by atoms with Crippen LogP contribution in [0.5, 0.6) is 0 Å². The molecule has 0 saturated heterocycles. The number of fused-ring (bicyclic) bond motifs is 2. The Kier molecular flexibility index (Phi) is 5.04. The van der Waals surface area contributed by atoms with Crippen molar-refractivity contribution in [3.05, 3.63) is 74.6 Å². The number of amides is 1. The molecule has 0 radical (unpaired) electrons. The summed E-state index contributed by atoms with van der Waals surface area (Å²) < 4.78 is 15.4. The van der Waals surface area contributed by atoms with Crippen LogP contribution in [0.2, 0.25) is 10.0 Å². The maximum Gasteiger partial charge on any atom is 0.219 e. The molecule has 0 bridgehead atoms. The SMILES string of the molecule is CC(=O)N1CCc2c(c(-c3ccc(F)cc3)nn2C2c3c(Cl)cc(Cl)cc3CC2O)C1. The predicted molar refractivity (Wildman–Crippen MR) is 117 cm³/mol. The van der Waals surface area contributed by atoms with Gasteiger partial charge in [-0.15, -0.1) is 0 Å². The molecule has 1 N–H and O–H groups in total. The molecule has 0 spiro atoms. The average Bonchev–Trinajstić information content (AvgIpc) is 3.25. The lowest BCUT2D eigenvalue weighted by Crippen LogP contribution is -2.35. The zero-order chi connectivity index (χ0) is 21.9. The third-order valence-corrected chi connectivity index (χ3v) is 6.71. The first-order valence-electron chi connectivity index (χ1n) is 10.1. The van der Waals surface area contributed by atoms with Gasteiger partial charge in [-0.2, -0.15) is 5.10 Å². The van der Waals surface area contributed by atoms with E-state index >= 15 is 0 Å². The molecule has 0 fully saturated rings. The minimum atomic E-state index is -0.707. The normalized spacial score (nSPS) is 20.0. The molecular weight excluding hydrogens is 440 g/mol. The van der Waals surface area contributed by atoms with Gasteiger partial charge in [0, 0.05) is 65.3 Å². The lowest BCUT2D eigenvalue weighted by Gasteiger charge is -2.28. The Morgan fingerprint density at radius 1 is 1.23 bits per heavy atom. The number of rotatable bonds is 2. The van der Waals surface area contributed by atoms with Gasteiger partial charge < -0.3 is 10.0 Å². The number of aromatic nitrogens is 2. The highest BCUT2D eigenvalue weighted by Gasteiger charge is 2.39. The van der Waals surface area contributed by atoms with E-state index < -0.39 is 12.1 Å². The number of aliphatic hydroxyl groups is 1. The second-order valence-corrected chi connectivity index (χ2v) is 8.94. The molecule has 1 amide bonds. The fraction of sp³-hybridized carbons (Fsp3) is 0.304. The number of benzene rings is 2. The molecule has 2 atom stereocenters. The first-order chi connectivity index (χ1) is 14.8. The molecule has 1 aliphatic heterocycles. The molecule has 3 aromatic rings. The third-order valence-electron chi connectivity index (χ3n) is 6.18. The lowest BCUT2D eigenvalue weighted by molar-refractivity contribution is -0.129. The fourth-order valence-corrected chi connectivity index (χ4v) is 5.38. The zero-order valence-corrected chi connectivity index (χ0v) is 18.3. The van der Waals surface area contributed by atoms with Gasteiger partial charge in [0.1, 0.15) is 11.9 Å². The Morgan fingerprint density at radius 2 is 1.97 bits per heavy atom. The van der Waals surface area contributed by atoms with Crippen molar-refractivity contribution in [3.8, 4) is 11.3 Å². The average molecular weight is 460 g/mol. The Balaban J connectivity index is 1.69. The molecule has 0 saturated carbocycles. The van der Waals surface area contributed by atoms with Gasteiger partial charge in [-0.3, -0.25) is 9.48 Å². The molecule has 160 valence electrons. The van der Waals surface area contributed by atoms with Crippen molar-refractivity contribution in [1.29, 1.82) is 0 Å². The van der Waals surface area contributed by atoms with Gasteiger partial charge in [0.25, 0.3) is 0 Å². The number of hydrogen-bond acceptors (Lipinski definition) is 3. The van der Waals surface area contributed by atoms with Crippen LogP contribution in [0.4, 0.5) is 4.39 Å². The topological polar surface area (TPSA) is 58.4 Å². The summed E-state index contributed by atoms with van der Waals surface area (Å²) >= 11 is 12.7. The first kappa shape index (κ1) is 20.5. The molecule has 5 nitrogen and oxygen atoms in total. The van der Waals surface area contributed by atoms with Crippen molar-refractivity contribution in [2.45, 2.75) is 38.5 Å². The first-order valence-corrected chi connectivity index (χ1v) is 10.9. The summed E-state index contributed by atoms with van der Waals surface area (Å²) in [7, 11) is 0. The Hall–Kier alpha value is -2.41. The van der Waals surface area contributed by atoms with E-state index in [-0.39, 0.29) is 11.7 Å². The molecule has 8 heteroatoms. The van der Waals surface area contributed by atoms with Gasteiger partial charge in [0.15, 0.2) is 0 Å². The van der Waals surface area contributed by atoms with Crippen LogP contribution in [0.3, 0.4) is 0 Å². The highest BCUT2D eigenvalue weighted by molar-refractivity contribution is 6.35. The van der Waals surface area contributed by atoms with Crippen LogP contribution >= 0.6 is 23.2 Å². The molecule has 31 heavy (non-hydrogen) atoms. The van der Waals surface area contributed by atoms with Crippen LogP contribution in [-0.2, 0) is 24.2 Å². The zero-order valence-electron chi connectivity index (χ0n) is 16.8. The number of nitrogens with zero attached hydrogens (tertiary/aromatic N) is 3. The number of halogens is 3. The predicted octanol–water partition coefficient (Wildman–Crippen LogP) is 4.41. The Labute approximate surface area is 189 Å². The number of carbonyl (C=O) groups excluding carboxylic acids is 1. The summed E-state index contributed by atoms with van der Waals surface area (Å²) in [6.45, 7) is 2.54. The monoisotopic (exact) mass is 459 g/mol. The quantitative estimate of drug-likeness (QED) is 0.617. The molecule has 5 rings (SSSR count). The number of aliphatic hydroxyl groups excluding tert-OH is 1. The van der Waals surface area contributed by atoms with Crippen LogP contribution < -0.4 is 0 Å². The minimum Gasteiger partial charge on any atom is -0.390 e. The maximum atomic E-state index is 13.5. The largest absolute Gasteiger partial charge is 0.390 e. The van der Waals surface area contributed by atoms with Gasteiger partial charge >= 0.3 is 0 Å². The highest BCUT2D eigenvalue weighted by Crippen LogP contribution is 2.43. The van der Waals surface area contributed by atoms with Gasteiger partial charge in [0.05, 0.1) is 11.8 Å². The van der Waals surface area contributed by atoms with Crippen molar-refractivity contribution >= 4 is 29.1 Å². The van der Waals surface area contributed by atoms with Crippen LogP contribution in [0.15, 0.2) is 36.4 Å². The van der Waals surface area contributed by atoms with E-state index in [1.807, 2.05) is 10.7 Å². The van der Waals surface area contributed by atoms with Gasteiger partial charge in [-0.25, -0.2) is 4.39 Å². The molecule has 2 unspecified atom stereocenters. The molecular formula is C23H20Cl2FN3O2. The summed E-state index contributed by atoms with van der Waals surface area (Å²) in [5.74, 6) is -0.335. The van der Waals surface area contributed by atoms with Crippen LogP contribution in [0.1, 0.15) is 35.3 Å². The van der Waals surface area contributed by atoms with Gasteiger partial charge in [0.2, 0.25) is 5.91 Å². The summed E-state index contributed by atoms with van der Waals surface area (Å²) in [6.07, 6.45) is 0.328. The van der Waals surface area contributed by atoms with Crippen LogP contribution in [0, 0.1) is 5.82 Å². The van der Waals surface area contributed by atoms with E-state index in [0.717, 1.165) is 27.9 Å². The number of hydrogen-bond donors (Lipinski definition) is 1. The van der Waals surface area contributed by atoms with Crippen molar-refractivity contribution < 1.29 is 14.3 Å². The second-order valence-electron chi connectivity index (χ2n) is 8.09. The van der Waals surface area contributed by atoms with E-state index in [2.05, 4.69) is 0 Å². The molecule has 2 aliphatic rings. The van der Waals surface area contributed by atoms with Crippen molar-refractivity contribution in [2.75, 3.05) is 6.54 Å². The third kappa shape index (κ3) is 3.43. The number of carbonyl (C=O) groups is 1. The fourth-order valence-electron chi connectivity index (χ4n) is 4.74.